The summed E-state index contributed by atoms with van der Waals surface area (Å²) in [5.74, 6) is 2.42. The van der Waals surface area contributed by atoms with Crippen molar-refractivity contribution < 1.29 is 0 Å². The van der Waals surface area contributed by atoms with Crippen LogP contribution in [0.15, 0.2) is 0 Å². The molecule has 2 heterocycles. The quantitative estimate of drug-likeness (QED) is 0.865. The number of aromatic nitrogens is 1. The van der Waals surface area contributed by atoms with Crippen LogP contribution in [0.4, 0.5) is 5.13 Å². The van der Waals surface area contributed by atoms with E-state index in [-0.39, 0.29) is 6.04 Å². The van der Waals surface area contributed by atoms with E-state index in [0.717, 1.165) is 19.4 Å². The van der Waals surface area contributed by atoms with E-state index in [1.54, 1.807) is 0 Å². The Labute approximate surface area is 124 Å². The third kappa shape index (κ3) is 2.65. The molecule has 5 heteroatoms. The van der Waals surface area contributed by atoms with Crippen LogP contribution in [0.5, 0.6) is 0 Å². The summed E-state index contributed by atoms with van der Waals surface area (Å²) in [6.07, 6.45) is 2.15. The van der Waals surface area contributed by atoms with Gasteiger partial charge in [0.25, 0.3) is 0 Å². The third-order valence-corrected chi connectivity index (χ3v) is 6.54. The number of hydrogen-bond donors (Lipinski definition) is 1. The molecule has 19 heavy (non-hydrogen) atoms. The molecule has 2 unspecified atom stereocenters. The van der Waals surface area contributed by atoms with E-state index in [9.17, 15) is 0 Å². The second kappa shape index (κ2) is 4.93. The first-order valence-corrected chi connectivity index (χ1v) is 9.03. The molecule has 0 radical (unpaired) electrons. The average Bonchev–Trinajstić information content (AvgIpc) is 2.71. The molecule has 1 aromatic rings. The highest BCUT2D eigenvalue weighted by Gasteiger charge is 2.34. The molecule has 2 atom stereocenters. The Balaban J connectivity index is 1.90. The monoisotopic (exact) mass is 297 g/mol. The maximum Gasteiger partial charge on any atom is 0.186 e. The first kappa shape index (κ1) is 13.7. The van der Waals surface area contributed by atoms with Gasteiger partial charge >= 0.3 is 0 Å². The van der Waals surface area contributed by atoms with Crippen molar-refractivity contribution in [2.24, 2.45) is 11.1 Å². The zero-order chi connectivity index (χ0) is 13.6. The van der Waals surface area contributed by atoms with Crippen molar-refractivity contribution in [2.45, 2.75) is 45.7 Å². The van der Waals surface area contributed by atoms with Crippen LogP contribution in [0.2, 0.25) is 0 Å². The van der Waals surface area contributed by atoms with E-state index in [1.165, 1.54) is 27.2 Å². The molecule has 0 amide bonds. The Morgan fingerprint density at radius 1 is 1.42 bits per heavy atom. The topological polar surface area (TPSA) is 42.2 Å². The number of thioether (sulfide) groups is 1. The van der Waals surface area contributed by atoms with Gasteiger partial charge in [-0.1, -0.05) is 25.2 Å². The number of nitrogens with two attached hydrogens (primary N) is 1. The van der Waals surface area contributed by atoms with Gasteiger partial charge in [0.2, 0.25) is 0 Å². The van der Waals surface area contributed by atoms with Crippen LogP contribution in [0, 0.1) is 5.41 Å². The van der Waals surface area contributed by atoms with Gasteiger partial charge in [0.15, 0.2) is 5.13 Å². The van der Waals surface area contributed by atoms with Crippen molar-refractivity contribution >= 4 is 28.2 Å². The maximum absolute atomic E-state index is 6.35. The molecular formula is C14H23N3S2. The lowest BCUT2D eigenvalue weighted by Gasteiger charge is -2.32. The van der Waals surface area contributed by atoms with Crippen molar-refractivity contribution in [1.82, 2.24) is 4.98 Å². The summed E-state index contributed by atoms with van der Waals surface area (Å²) < 4.78 is 0. The van der Waals surface area contributed by atoms with E-state index >= 15 is 0 Å². The Kier molecular flexibility index (Phi) is 3.56. The fourth-order valence-electron chi connectivity index (χ4n) is 3.11. The van der Waals surface area contributed by atoms with E-state index in [1.807, 2.05) is 23.1 Å². The van der Waals surface area contributed by atoms with Crippen molar-refractivity contribution in [1.29, 1.82) is 0 Å². The second-order valence-electron chi connectivity index (χ2n) is 6.58. The van der Waals surface area contributed by atoms with Gasteiger partial charge < -0.3 is 10.6 Å². The highest BCUT2D eigenvalue weighted by molar-refractivity contribution is 7.99. The van der Waals surface area contributed by atoms with E-state index in [0.29, 0.717) is 11.5 Å². The van der Waals surface area contributed by atoms with Gasteiger partial charge in [0.05, 0.1) is 5.69 Å². The highest BCUT2D eigenvalue weighted by Crippen LogP contribution is 2.44. The second-order valence-corrected chi connectivity index (χ2v) is 8.74. The minimum atomic E-state index is 0.180. The number of anilines is 1. The predicted octanol–water partition coefficient (Wildman–Crippen LogP) is 3.06. The summed E-state index contributed by atoms with van der Waals surface area (Å²) in [4.78, 5) is 8.73. The Morgan fingerprint density at radius 3 is 2.95 bits per heavy atom. The molecule has 0 saturated carbocycles. The zero-order valence-electron chi connectivity index (χ0n) is 12.0. The van der Waals surface area contributed by atoms with Crippen LogP contribution in [0.25, 0.3) is 0 Å². The number of fused-ring (bicyclic) bond motifs is 1. The molecule has 1 aliphatic heterocycles. The molecule has 106 valence electrons. The van der Waals surface area contributed by atoms with Crippen LogP contribution in [0.3, 0.4) is 0 Å². The van der Waals surface area contributed by atoms with Gasteiger partial charge in [0.1, 0.15) is 0 Å². The molecule has 0 aromatic carbocycles. The summed E-state index contributed by atoms with van der Waals surface area (Å²) in [5, 5.41) is 1.20. The maximum atomic E-state index is 6.35. The molecule has 0 spiro atoms. The van der Waals surface area contributed by atoms with Crippen molar-refractivity contribution in [3.8, 4) is 0 Å². The zero-order valence-corrected chi connectivity index (χ0v) is 13.6. The highest BCUT2D eigenvalue weighted by atomic mass is 32.2. The lowest BCUT2D eigenvalue weighted by atomic mass is 9.77. The Bertz CT molecular complexity index is 469. The van der Waals surface area contributed by atoms with Crippen molar-refractivity contribution in [2.75, 3.05) is 23.0 Å². The van der Waals surface area contributed by atoms with E-state index in [4.69, 9.17) is 10.7 Å². The average molecular weight is 297 g/mol. The summed E-state index contributed by atoms with van der Waals surface area (Å²) in [6, 6.07) is 0.773. The van der Waals surface area contributed by atoms with Crippen LogP contribution in [-0.2, 0) is 6.42 Å². The van der Waals surface area contributed by atoms with E-state index in [2.05, 4.69) is 25.7 Å². The predicted molar refractivity (Wildman–Crippen MR) is 85.3 cm³/mol. The van der Waals surface area contributed by atoms with Crippen molar-refractivity contribution in [3.05, 3.63) is 10.6 Å². The fraction of sp³-hybridized carbons (Fsp3) is 0.786. The van der Waals surface area contributed by atoms with Gasteiger partial charge in [-0.15, -0.1) is 0 Å². The van der Waals surface area contributed by atoms with Gasteiger partial charge in [-0.2, -0.15) is 11.8 Å². The summed E-state index contributed by atoms with van der Waals surface area (Å²) in [5.41, 5.74) is 7.90. The third-order valence-electron chi connectivity index (χ3n) is 4.08. The SMILES string of the molecule is CC1CSCCN1c1nc2c(s1)C(N)CC(C)(C)C2. The Morgan fingerprint density at radius 2 is 2.21 bits per heavy atom. The lowest BCUT2D eigenvalue weighted by Crippen LogP contribution is -2.40. The standard InChI is InChI=1S/C14H23N3S2/c1-9-8-18-5-4-17(9)13-16-11-7-14(2,3)6-10(15)12(11)19-13/h9-10H,4-8,15H2,1-3H3. The summed E-state index contributed by atoms with van der Waals surface area (Å²) in [6.45, 7) is 8.03. The van der Waals surface area contributed by atoms with Crippen LogP contribution in [0.1, 0.15) is 43.8 Å². The van der Waals surface area contributed by atoms with Gasteiger partial charge in [0, 0.05) is 35.0 Å². The molecule has 1 aromatic heterocycles. The van der Waals surface area contributed by atoms with Gasteiger partial charge in [-0.25, -0.2) is 4.98 Å². The smallest absolute Gasteiger partial charge is 0.186 e. The van der Waals surface area contributed by atoms with Gasteiger partial charge in [-0.3, -0.25) is 0 Å². The largest absolute Gasteiger partial charge is 0.344 e. The van der Waals surface area contributed by atoms with Crippen LogP contribution < -0.4 is 10.6 Å². The van der Waals surface area contributed by atoms with Crippen LogP contribution >= 0.6 is 23.1 Å². The molecule has 1 fully saturated rings. The van der Waals surface area contributed by atoms with E-state index < -0.39 is 0 Å². The fourth-order valence-corrected chi connectivity index (χ4v) is 5.34. The molecule has 0 bridgehead atoms. The van der Waals surface area contributed by atoms with Crippen molar-refractivity contribution in [3.63, 3.8) is 0 Å². The molecular weight excluding hydrogens is 274 g/mol. The lowest BCUT2D eigenvalue weighted by molar-refractivity contribution is 0.282. The summed E-state index contributed by atoms with van der Waals surface area (Å²) in [7, 11) is 0. The first-order chi connectivity index (χ1) is 8.96. The minimum absolute atomic E-state index is 0.180. The summed E-state index contributed by atoms with van der Waals surface area (Å²) >= 11 is 3.88. The molecule has 1 aliphatic carbocycles. The minimum Gasteiger partial charge on any atom is -0.344 e. The number of hydrogen-bond acceptors (Lipinski definition) is 5. The molecule has 3 rings (SSSR count). The number of rotatable bonds is 1. The number of nitrogens with zero attached hydrogens (tertiary/aromatic N) is 2. The molecule has 3 nitrogen and oxygen atoms in total. The first-order valence-electron chi connectivity index (χ1n) is 7.06. The molecule has 1 saturated heterocycles. The normalized spacial score (nSPS) is 30.2. The van der Waals surface area contributed by atoms with Crippen LogP contribution in [-0.4, -0.2) is 29.1 Å². The molecule has 2 N–H and O–H groups in total. The number of thiazole rings is 1. The Hall–Kier alpha value is -0.260. The van der Waals surface area contributed by atoms with Gasteiger partial charge in [-0.05, 0) is 25.2 Å². The molecule has 2 aliphatic rings.